The molecule has 6 heteroatoms. The lowest BCUT2D eigenvalue weighted by Gasteiger charge is -2.03. The molecule has 1 N–H and O–H groups in total. The minimum absolute atomic E-state index is 0.336. The molecule has 0 radical (unpaired) electrons. The molecule has 0 atom stereocenters. The van der Waals surface area contributed by atoms with Gasteiger partial charge in [0.2, 0.25) is 0 Å². The minimum Gasteiger partial charge on any atom is -0.478 e. The van der Waals surface area contributed by atoms with Gasteiger partial charge in [0.1, 0.15) is 18.5 Å². The van der Waals surface area contributed by atoms with Gasteiger partial charge < -0.3 is 5.11 Å². The van der Waals surface area contributed by atoms with Crippen LogP contribution in [0, 0.1) is 5.82 Å². The molecule has 0 aliphatic rings. The molecule has 2 rings (SSSR count). The molecule has 1 aromatic heterocycles. The number of nitrogens with zero attached hydrogens (tertiary/aromatic N) is 3. The van der Waals surface area contributed by atoms with Gasteiger partial charge in [0.25, 0.3) is 0 Å². The molecule has 82 valence electrons. The van der Waals surface area contributed by atoms with E-state index in [4.69, 9.17) is 5.11 Å². The van der Waals surface area contributed by atoms with Crippen molar-refractivity contribution in [3.05, 3.63) is 47.8 Å². The molecule has 0 amide bonds. The van der Waals surface area contributed by atoms with Crippen molar-refractivity contribution in [2.45, 2.75) is 6.54 Å². The number of carboxylic acid groups (broad SMARTS) is 1. The van der Waals surface area contributed by atoms with Crippen molar-refractivity contribution < 1.29 is 14.3 Å². The minimum atomic E-state index is -1.28. The van der Waals surface area contributed by atoms with Crippen LogP contribution in [-0.4, -0.2) is 25.8 Å². The maximum absolute atomic E-state index is 13.1. The largest absolute Gasteiger partial charge is 0.478 e. The van der Waals surface area contributed by atoms with Gasteiger partial charge in [0, 0.05) is 0 Å². The summed E-state index contributed by atoms with van der Waals surface area (Å²) >= 11 is 0. The van der Waals surface area contributed by atoms with Gasteiger partial charge in [-0.05, 0) is 17.7 Å². The summed E-state index contributed by atoms with van der Waals surface area (Å²) in [5, 5.41) is 12.6. The third-order valence-electron chi connectivity index (χ3n) is 2.07. The van der Waals surface area contributed by atoms with E-state index in [1.54, 1.807) is 0 Å². The summed E-state index contributed by atoms with van der Waals surface area (Å²) in [4.78, 5) is 14.5. The van der Waals surface area contributed by atoms with E-state index in [0.717, 1.165) is 6.07 Å². The Balaban J connectivity index is 2.29. The number of aromatic carboxylic acids is 1. The second-order valence-electron chi connectivity index (χ2n) is 3.21. The molecule has 0 unspecified atom stereocenters. The highest BCUT2D eigenvalue weighted by molar-refractivity contribution is 5.88. The van der Waals surface area contributed by atoms with Gasteiger partial charge in [0.05, 0.1) is 12.1 Å². The Bertz CT molecular complexity index is 511. The predicted molar refractivity (Wildman–Crippen MR) is 52.5 cm³/mol. The van der Waals surface area contributed by atoms with Crippen LogP contribution in [0.25, 0.3) is 0 Å². The van der Waals surface area contributed by atoms with Crippen LogP contribution in [0.4, 0.5) is 4.39 Å². The van der Waals surface area contributed by atoms with Crippen molar-refractivity contribution >= 4 is 5.97 Å². The number of aromatic nitrogens is 3. The van der Waals surface area contributed by atoms with Crippen LogP contribution in [0.15, 0.2) is 30.9 Å². The number of carbonyl (C=O) groups is 1. The third kappa shape index (κ3) is 2.05. The number of carboxylic acids is 1. The van der Waals surface area contributed by atoms with E-state index in [0.29, 0.717) is 12.1 Å². The molecule has 1 aromatic carbocycles. The Morgan fingerprint density at radius 3 is 2.94 bits per heavy atom. The Labute approximate surface area is 90.2 Å². The van der Waals surface area contributed by atoms with Crippen LogP contribution in [0.3, 0.4) is 0 Å². The van der Waals surface area contributed by atoms with E-state index in [1.165, 1.54) is 29.5 Å². The molecule has 0 fully saturated rings. The zero-order valence-corrected chi connectivity index (χ0v) is 8.17. The number of hydrogen-bond acceptors (Lipinski definition) is 3. The van der Waals surface area contributed by atoms with Gasteiger partial charge in [0.15, 0.2) is 0 Å². The van der Waals surface area contributed by atoms with Crippen molar-refractivity contribution in [2.24, 2.45) is 0 Å². The van der Waals surface area contributed by atoms with E-state index in [-0.39, 0.29) is 5.56 Å². The summed E-state index contributed by atoms with van der Waals surface area (Å²) in [6.45, 7) is 0.362. The number of benzene rings is 1. The number of rotatable bonds is 3. The highest BCUT2D eigenvalue weighted by Crippen LogP contribution is 2.11. The van der Waals surface area contributed by atoms with E-state index in [9.17, 15) is 9.18 Å². The van der Waals surface area contributed by atoms with Crippen LogP contribution < -0.4 is 0 Å². The molecule has 0 bridgehead atoms. The summed E-state index contributed by atoms with van der Waals surface area (Å²) in [5.41, 5.74) is 0.321. The molecule has 0 spiro atoms. The average molecular weight is 221 g/mol. The zero-order valence-electron chi connectivity index (χ0n) is 8.17. The van der Waals surface area contributed by atoms with E-state index >= 15 is 0 Å². The molecule has 0 saturated heterocycles. The van der Waals surface area contributed by atoms with Crippen molar-refractivity contribution in [3.8, 4) is 0 Å². The van der Waals surface area contributed by atoms with Crippen LogP contribution in [0.1, 0.15) is 15.9 Å². The summed E-state index contributed by atoms with van der Waals surface area (Å²) in [7, 11) is 0. The monoisotopic (exact) mass is 221 g/mol. The summed E-state index contributed by atoms with van der Waals surface area (Å²) < 4.78 is 14.6. The number of halogens is 1. The molecule has 5 nitrogen and oxygen atoms in total. The van der Waals surface area contributed by atoms with Crippen molar-refractivity contribution in [2.75, 3.05) is 0 Å². The predicted octanol–water partition coefficient (Wildman–Crippen LogP) is 1.16. The summed E-state index contributed by atoms with van der Waals surface area (Å²) in [6.07, 6.45) is 2.88. The fourth-order valence-electron chi connectivity index (χ4n) is 1.34. The van der Waals surface area contributed by atoms with Crippen molar-refractivity contribution in [3.63, 3.8) is 0 Å². The molecular weight excluding hydrogens is 213 g/mol. The fourth-order valence-corrected chi connectivity index (χ4v) is 1.34. The second-order valence-corrected chi connectivity index (χ2v) is 3.21. The first-order valence-electron chi connectivity index (χ1n) is 4.51. The lowest BCUT2D eigenvalue weighted by atomic mass is 10.1. The van der Waals surface area contributed by atoms with Gasteiger partial charge in [-0.15, -0.1) is 0 Å². The van der Waals surface area contributed by atoms with Crippen molar-refractivity contribution in [1.82, 2.24) is 14.8 Å². The molecule has 2 aromatic rings. The molecular formula is C10H8FN3O2. The lowest BCUT2D eigenvalue weighted by Crippen LogP contribution is -2.05. The Hall–Kier alpha value is -2.24. The molecule has 16 heavy (non-hydrogen) atoms. The van der Waals surface area contributed by atoms with Crippen LogP contribution >= 0.6 is 0 Å². The van der Waals surface area contributed by atoms with Crippen molar-refractivity contribution in [1.29, 1.82) is 0 Å². The second kappa shape index (κ2) is 4.09. The van der Waals surface area contributed by atoms with E-state index in [1.807, 2.05) is 0 Å². The third-order valence-corrected chi connectivity index (χ3v) is 2.07. The molecule has 0 aliphatic heterocycles. The molecule has 0 aliphatic carbocycles. The van der Waals surface area contributed by atoms with Gasteiger partial charge in [-0.25, -0.2) is 18.9 Å². The Morgan fingerprint density at radius 2 is 2.31 bits per heavy atom. The quantitative estimate of drug-likeness (QED) is 0.844. The van der Waals surface area contributed by atoms with Gasteiger partial charge in [-0.3, -0.25) is 0 Å². The highest BCUT2D eigenvalue weighted by atomic mass is 19.1. The van der Waals surface area contributed by atoms with Gasteiger partial charge in [-0.1, -0.05) is 6.07 Å². The van der Waals surface area contributed by atoms with Gasteiger partial charge >= 0.3 is 5.97 Å². The SMILES string of the molecule is O=C(O)c1cc(Cn2cncn2)ccc1F. The van der Waals surface area contributed by atoms with Crippen LogP contribution in [0.2, 0.25) is 0 Å². The molecule has 0 saturated carbocycles. The number of hydrogen-bond donors (Lipinski definition) is 1. The maximum atomic E-state index is 13.1. The van der Waals surface area contributed by atoms with E-state index < -0.39 is 11.8 Å². The average Bonchev–Trinajstić information content (AvgIpc) is 2.73. The standard InChI is InChI=1S/C10H8FN3O2/c11-9-2-1-7(3-8(9)10(15)16)4-14-6-12-5-13-14/h1-3,5-6H,4H2,(H,15,16). The molecule has 1 heterocycles. The smallest absolute Gasteiger partial charge is 0.338 e. The summed E-state index contributed by atoms with van der Waals surface area (Å²) in [6, 6.07) is 3.94. The van der Waals surface area contributed by atoms with Gasteiger partial charge in [-0.2, -0.15) is 5.10 Å². The topological polar surface area (TPSA) is 68.0 Å². The van der Waals surface area contributed by atoms with E-state index in [2.05, 4.69) is 10.1 Å². The normalized spacial score (nSPS) is 10.3. The highest BCUT2D eigenvalue weighted by Gasteiger charge is 2.10. The Kier molecular flexibility index (Phi) is 2.63. The Morgan fingerprint density at radius 1 is 1.50 bits per heavy atom. The fraction of sp³-hybridized carbons (Fsp3) is 0.100. The first-order valence-corrected chi connectivity index (χ1v) is 4.51. The zero-order chi connectivity index (χ0) is 11.5. The van der Waals surface area contributed by atoms with Crippen LogP contribution in [0.5, 0.6) is 0 Å². The van der Waals surface area contributed by atoms with Crippen LogP contribution in [-0.2, 0) is 6.54 Å². The maximum Gasteiger partial charge on any atom is 0.338 e. The first-order chi connectivity index (χ1) is 7.66. The lowest BCUT2D eigenvalue weighted by molar-refractivity contribution is 0.0691. The first kappa shape index (κ1) is 10.3. The summed E-state index contributed by atoms with van der Waals surface area (Å²) in [5.74, 6) is -2.02.